The van der Waals surface area contributed by atoms with Crippen LogP contribution in [0.1, 0.15) is 72.0 Å². The van der Waals surface area contributed by atoms with Crippen LogP contribution < -0.4 is 10.1 Å². The van der Waals surface area contributed by atoms with Gasteiger partial charge in [0.15, 0.2) is 0 Å². The maximum atomic E-state index is 15.2. The summed E-state index contributed by atoms with van der Waals surface area (Å²) >= 11 is 0. The van der Waals surface area contributed by atoms with Crippen LogP contribution >= 0.6 is 0 Å². The number of pyridine rings is 1. The normalized spacial score (nSPS) is 19.0. The SMILES string of the molecule is O=C(Nc1cc(OC(F)(F)F)ccc1C(=O)N1CCC(c2c(F)cnc3[nH]c(C4CCOCC4)cc23)CC1)C1CC1. The first-order valence-electron chi connectivity index (χ1n) is 13.9. The average molecular weight is 575 g/mol. The van der Waals surface area contributed by atoms with E-state index in [0.29, 0.717) is 69.1 Å². The van der Waals surface area contributed by atoms with Crippen molar-refractivity contribution < 1.29 is 36.6 Å². The van der Waals surface area contributed by atoms with Crippen molar-refractivity contribution in [2.75, 3.05) is 31.6 Å². The molecule has 2 saturated heterocycles. The zero-order chi connectivity index (χ0) is 28.7. The second-order valence-electron chi connectivity index (χ2n) is 11.0. The van der Waals surface area contributed by atoms with Crippen molar-refractivity contribution in [3.63, 3.8) is 0 Å². The molecule has 3 fully saturated rings. The minimum absolute atomic E-state index is 0.0226. The van der Waals surface area contributed by atoms with Gasteiger partial charge in [-0.2, -0.15) is 0 Å². The van der Waals surface area contributed by atoms with Crippen LogP contribution in [-0.4, -0.2) is 59.3 Å². The Kier molecular flexibility index (Phi) is 7.35. The van der Waals surface area contributed by atoms with Crippen molar-refractivity contribution in [2.24, 2.45) is 5.92 Å². The van der Waals surface area contributed by atoms with Gasteiger partial charge in [-0.25, -0.2) is 9.37 Å². The summed E-state index contributed by atoms with van der Waals surface area (Å²) in [6.45, 7) is 2.01. The number of hydrogen-bond donors (Lipinski definition) is 2. The average Bonchev–Trinajstić information content (AvgIpc) is 3.72. The molecule has 3 aromatic rings. The number of likely N-dealkylation sites (tertiary alicyclic amines) is 1. The second-order valence-corrected chi connectivity index (χ2v) is 11.0. The summed E-state index contributed by atoms with van der Waals surface area (Å²) < 4.78 is 63.0. The van der Waals surface area contributed by atoms with Crippen LogP contribution in [0.3, 0.4) is 0 Å². The van der Waals surface area contributed by atoms with Gasteiger partial charge >= 0.3 is 6.36 Å². The number of amides is 2. The Balaban J connectivity index is 1.20. The van der Waals surface area contributed by atoms with E-state index >= 15 is 4.39 Å². The number of piperidine rings is 1. The minimum atomic E-state index is -4.91. The Morgan fingerprint density at radius 3 is 2.44 bits per heavy atom. The number of halogens is 4. The van der Waals surface area contributed by atoms with E-state index in [1.54, 1.807) is 4.90 Å². The van der Waals surface area contributed by atoms with E-state index in [1.807, 2.05) is 6.07 Å². The summed E-state index contributed by atoms with van der Waals surface area (Å²) in [5.41, 5.74) is 2.30. The number of anilines is 1. The van der Waals surface area contributed by atoms with E-state index < -0.39 is 18.0 Å². The third-order valence-electron chi connectivity index (χ3n) is 8.18. The number of rotatable bonds is 6. The molecular formula is C29H30F4N4O4. The Bertz CT molecular complexity index is 1460. The van der Waals surface area contributed by atoms with E-state index in [4.69, 9.17) is 4.74 Å². The summed E-state index contributed by atoms with van der Waals surface area (Å²) in [5, 5.41) is 3.36. The number of aromatic nitrogens is 2. The lowest BCUT2D eigenvalue weighted by Gasteiger charge is -2.33. The van der Waals surface area contributed by atoms with Crippen molar-refractivity contribution in [1.29, 1.82) is 0 Å². The fourth-order valence-corrected chi connectivity index (χ4v) is 5.87. The zero-order valence-electron chi connectivity index (χ0n) is 22.2. The first kappa shape index (κ1) is 27.5. The molecule has 2 amide bonds. The highest BCUT2D eigenvalue weighted by molar-refractivity contribution is 6.05. The molecule has 2 aromatic heterocycles. The van der Waals surface area contributed by atoms with Crippen LogP contribution in [0.5, 0.6) is 5.75 Å². The first-order valence-corrected chi connectivity index (χ1v) is 13.9. The van der Waals surface area contributed by atoms with Crippen molar-refractivity contribution >= 4 is 28.5 Å². The smallest absolute Gasteiger partial charge is 0.406 e. The number of carbonyl (C=O) groups excluding carboxylic acids is 2. The molecule has 0 radical (unpaired) electrons. The predicted molar refractivity (Wildman–Crippen MR) is 141 cm³/mol. The quantitative estimate of drug-likeness (QED) is 0.360. The van der Waals surface area contributed by atoms with Crippen LogP contribution in [0.4, 0.5) is 23.2 Å². The largest absolute Gasteiger partial charge is 0.573 e. The number of hydrogen-bond acceptors (Lipinski definition) is 5. The summed E-state index contributed by atoms with van der Waals surface area (Å²) in [4.78, 5) is 35.1. The fraction of sp³-hybridized carbons (Fsp3) is 0.483. The molecule has 2 N–H and O–H groups in total. The second kappa shape index (κ2) is 11.0. The van der Waals surface area contributed by atoms with Gasteiger partial charge in [0.1, 0.15) is 17.2 Å². The highest BCUT2D eigenvalue weighted by atomic mass is 19.4. The van der Waals surface area contributed by atoms with Crippen molar-refractivity contribution in [2.45, 2.75) is 56.7 Å². The lowest BCUT2D eigenvalue weighted by Crippen LogP contribution is -2.38. The minimum Gasteiger partial charge on any atom is -0.406 e. The molecule has 1 aliphatic carbocycles. The number of H-pyrrole nitrogens is 1. The molecule has 218 valence electrons. The summed E-state index contributed by atoms with van der Waals surface area (Å²) in [5.74, 6) is -1.72. The molecule has 8 nitrogen and oxygen atoms in total. The number of aromatic amines is 1. The van der Waals surface area contributed by atoms with Gasteiger partial charge in [0, 0.05) is 60.8 Å². The lowest BCUT2D eigenvalue weighted by atomic mass is 9.87. The molecule has 0 unspecified atom stereocenters. The Morgan fingerprint density at radius 2 is 1.76 bits per heavy atom. The van der Waals surface area contributed by atoms with Gasteiger partial charge in [-0.3, -0.25) is 9.59 Å². The van der Waals surface area contributed by atoms with Crippen molar-refractivity contribution in [1.82, 2.24) is 14.9 Å². The number of nitrogens with zero attached hydrogens (tertiary/aromatic N) is 2. The summed E-state index contributed by atoms with van der Waals surface area (Å²) in [6, 6.07) is 5.32. The Hall–Kier alpha value is -3.67. The highest BCUT2D eigenvalue weighted by Gasteiger charge is 2.34. The number of fused-ring (bicyclic) bond motifs is 1. The van der Waals surface area contributed by atoms with Gasteiger partial charge in [0.2, 0.25) is 5.91 Å². The highest BCUT2D eigenvalue weighted by Crippen LogP contribution is 2.38. The lowest BCUT2D eigenvalue weighted by molar-refractivity contribution is -0.274. The molecule has 1 aromatic carbocycles. The number of ether oxygens (including phenoxy) is 2. The molecule has 2 aliphatic heterocycles. The van der Waals surface area contributed by atoms with Gasteiger partial charge in [0.25, 0.3) is 5.91 Å². The number of alkyl halides is 3. The third-order valence-corrected chi connectivity index (χ3v) is 8.18. The van der Waals surface area contributed by atoms with E-state index in [1.165, 1.54) is 12.3 Å². The molecule has 3 aliphatic rings. The van der Waals surface area contributed by atoms with Crippen molar-refractivity contribution in [3.05, 3.63) is 53.1 Å². The molecule has 6 rings (SSSR count). The Labute approximate surface area is 233 Å². The third kappa shape index (κ3) is 6.02. The van der Waals surface area contributed by atoms with Gasteiger partial charge in [-0.15, -0.1) is 13.2 Å². The maximum absolute atomic E-state index is 15.2. The summed E-state index contributed by atoms with van der Waals surface area (Å²) in [6.07, 6.45) is 0.477. The van der Waals surface area contributed by atoms with Crippen LogP contribution in [-0.2, 0) is 9.53 Å². The van der Waals surface area contributed by atoms with Gasteiger partial charge in [0.05, 0.1) is 17.4 Å². The molecule has 0 bridgehead atoms. The van der Waals surface area contributed by atoms with Crippen LogP contribution in [0, 0.1) is 11.7 Å². The molecule has 0 spiro atoms. The topological polar surface area (TPSA) is 96.5 Å². The number of nitrogens with one attached hydrogen (secondary N) is 2. The van der Waals surface area contributed by atoms with E-state index in [0.717, 1.165) is 36.1 Å². The van der Waals surface area contributed by atoms with E-state index in [-0.39, 0.29) is 34.8 Å². The van der Waals surface area contributed by atoms with E-state index in [9.17, 15) is 22.8 Å². The fourth-order valence-electron chi connectivity index (χ4n) is 5.87. The molecule has 41 heavy (non-hydrogen) atoms. The van der Waals surface area contributed by atoms with Crippen LogP contribution in [0.25, 0.3) is 11.0 Å². The molecular weight excluding hydrogens is 544 g/mol. The molecule has 12 heteroatoms. The Morgan fingerprint density at radius 1 is 1.02 bits per heavy atom. The maximum Gasteiger partial charge on any atom is 0.573 e. The number of benzene rings is 1. The van der Waals surface area contributed by atoms with Crippen molar-refractivity contribution in [3.8, 4) is 5.75 Å². The van der Waals surface area contributed by atoms with Gasteiger partial charge in [-0.1, -0.05) is 0 Å². The van der Waals surface area contributed by atoms with Crippen LogP contribution in [0.2, 0.25) is 0 Å². The standard InChI is InChI=1S/C29H30F4N4O4/c30-22-15-34-26-21(14-23(35-26)16-7-11-40-12-8-16)25(22)17-5-9-37(10-6-17)28(39)20-4-3-19(41-29(31,32)33)13-24(20)36-27(38)18-1-2-18/h3-4,13-18H,1-2,5-12H2,(H,34,35)(H,36,38). The monoisotopic (exact) mass is 574 g/mol. The molecule has 1 saturated carbocycles. The predicted octanol–water partition coefficient (Wildman–Crippen LogP) is 5.86. The van der Waals surface area contributed by atoms with Crippen LogP contribution in [0.15, 0.2) is 30.5 Å². The number of carbonyl (C=O) groups is 2. The molecule has 4 heterocycles. The molecule has 0 atom stereocenters. The first-order chi connectivity index (χ1) is 19.7. The van der Waals surface area contributed by atoms with Gasteiger partial charge in [-0.05, 0) is 62.6 Å². The van der Waals surface area contributed by atoms with Gasteiger partial charge < -0.3 is 24.7 Å². The summed E-state index contributed by atoms with van der Waals surface area (Å²) in [7, 11) is 0. The van der Waals surface area contributed by atoms with E-state index in [2.05, 4.69) is 20.0 Å². The zero-order valence-corrected chi connectivity index (χ0v) is 22.2.